The van der Waals surface area contributed by atoms with E-state index in [1.165, 1.54) is 13.5 Å². The maximum atomic E-state index is 12.5. The summed E-state index contributed by atoms with van der Waals surface area (Å²) in [5.74, 6) is 0.947. The van der Waals surface area contributed by atoms with Crippen LogP contribution in [0.1, 0.15) is 65.7 Å². The van der Waals surface area contributed by atoms with E-state index in [1.54, 1.807) is 5.57 Å². The number of aliphatic hydroxyl groups excluding tert-OH is 1. The molecule has 0 aromatic heterocycles. The van der Waals surface area contributed by atoms with Crippen molar-refractivity contribution >= 4 is 5.97 Å². The Labute approximate surface area is 140 Å². The summed E-state index contributed by atoms with van der Waals surface area (Å²) in [5.41, 5.74) is 1.40. The molecule has 0 spiro atoms. The zero-order valence-corrected chi connectivity index (χ0v) is 15.2. The highest BCUT2D eigenvalue weighted by molar-refractivity contribution is 5.77. The molecular weight excluding hydrogens is 288 g/mol. The van der Waals surface area contributed by atoms with Crippen molar-refractivity contribution in [2.75, 3.05) is 13.7 Å². The second-order valence-corrected chi connectivity index (χ2v) is 9.04. The fraction of sp³-hybridized carbons (Fsp3) is 0.850. The van der Waals surface area contributed by atoms with Gasteiger partial charge in [0.05, 0.1) is 12.5 Å². The van der Waals surface area contributed by atoms with Crippen molar-refractivity contribution in [3.05, 3.63) is 11.6 Å². The maximum Gasteiger partial charge on any atom is 0.311 e. The minimum atomic E-state index is -0.342. The van der Waals surface area contributed by atoms with Crippen molar-refractivity contribution in [3.63, 3.8) is 0 Å². The predicted octanol–water partition coefficient (Wildman–Crippen LogP) is 4.10. The molecule has 3 heteroatoms. The quantitative estimate of drug-likeness (QED) is 0.615. The van der Waals surface area contributed by atoms with Gasteiger partial charge in [-0.25, -0.2) is 0 Å². The summed E-state index contributed by atoms with van der Waals surface area (Å²) in [6.45, 7) is 6.99. The van der Waals surface area contributed by atoms with E-state index in [0.29, 0.717) is 11.8 Å². The van der Waals surface area contributed by atoms with Gasteiger partial charge in [-0.1, -0.05) is 31.9 Å². The van der Waals surface area contributed by atoms with Crippen molar-refractivity contribution in [3.8, 4) is 0 Å². The Bertz CT molecular complexity index is 525. The highest BCUT2D eigenvalue weighted by Crippen LogP contribution is 2.63. The third-order valence-electron chi connectivity index (χ3n) is 7.42. The Hall–Kier alpha value is -0.830. The van der Waals surface area contributed by atoms with Crippen LogP contribution in [0.15, 0.2) is 11.6 Å². The van der Waals surface area contributed by atoms with Crippen LogP contribution in [0, 0.1) is 28.1 Å². The van der Waals surface area contributed by atoms with Crippen LogP contribution in [-0.2, 0) is 9.53 Å². The molecule has 0 aromatic rings. The molecule has 2 fully saturated rings. The molecule has 3 rings (SSSR count). The summed E-state index contributed by atoms with van der Waals surface area (Å²) in [6, 6.07) is 0. The Morgan fingerprint density at radius 2 is 2.04 bits per heavy atom. The first-order valence-electron chi connectivity index (χ1n) is 9.19. The zero-order valence-electron chi connectivity index (χ0n) is 15.2. The molecule has 2 saturated carbocycles. The first-order chi connectivity index (χ1) is 10.8. The van der Waals surface area contributed by atoms with Gasteiger partial charge < -0.3 is 9.84 Å². The molecule has 0 unspecified atom stereocenters. The number of carbonyl (C=O) groups is 1. The van der Waals surface area contributed by atoms with E-state index in [-0.39, 0.29) is 28.8 Å². The van der Waals surface area contributed by atoms with E-state index >= 15 is 0 Å². The lowest BCUT2D eigenvalue weighted by Crippen LogP contribution is -2.53. The fourth-order valence-corrected chi connectivity index (χ4v) is 6.10. The molecule has 3 aliphatic rings. The predicted molar refractivity (Wildman–Crippen MR) is 90.8 cm³/mol. The van der Waals surface area contributed by atoms with E-state index in [1.807, 2.05) is 0 Å². The van der Waals surface area contributed by atoms with Gasteiger partial charge in [0.15, 0.2) is 0 Å². The van der Waals surface area contributed by atoms with Crippen LogP contribution >= 0.6 is 0 Å². The third kappa shape index (κ3) is 2.47. The summed E-state index contributed by atoms with van der Waals surface area (Å²) in [5, 5.41) is 9.73. The van der Waals surface area contributed by atoms with Crippen molar-refractivity contribution < 1.29 is 14.6 Å². The first kappa shape index (κ1) is 17.0. The molecule has 0 heterocycles. The lowest BCUT2D eigenvalue weighted by molar-refractivity contribution is -0.164. The highest BCUT2D eigenvalue weighted by atomic mass is 16.5. The molecule has 0 amide bonds. The molecular formula is C20H32O3. The van der Waals surface area contributed by atoms with Crippen LogP contribution in [0.4, 0.5) is 0 Å². The van der Waals surface area contributed by atoms with Crippen molar-refractivity contribution in [2.45, 2.75) is 65.7 Å². The lowest BCUT2D eigenvalue weighted by Gasteiger charge is -2.58. The van der Waals surface area contributed by atoms with Crippen molar-refractivity contribution in [2.24, 2.45) is 28.1 Å². The number of allylic oxidation sites excluding steroid dienone is 2. The van der Waals surface area contributed by atoms with Gasteiger partial charge in [0, 0.05) is 6.61 Å². The monoisotopic (exact) mass is 320 g/mol. The number of methoxy groups -OCH3 is 1. The highest BCUT2D eigenvalue weighted by Gasteiger charge is 2.58. The summed E-state index contributed by atoms with van der Waals surface area (Å²) in [7, 11) is 1.53. The minimum absolute atomic E-state index is 0.0246. The van der Waals surface area contributed by atoms with Crippen LogP contribution in [0.2, 0.25) is 0 Å². The molecule has 0 bridgehead atoms. The zero-order chi connectivity index (χ0) is 16.9. The van der Waals surface area contributed by atoms with Crippen LogP contribution in [0.5, 0.6) is 0 Å². The number of hydrogen-bond acceptors (Lipinski definition) is 3. The molecule has 0 aliphatic heterocycles. The number of fused-ring (bicyclic) bond motifs is 3. The van der Waals surface area contributed by atoms with Gasteiger partial charge in [0.25, 0.3) is 0 Å². The van der Waals surface area contributed by atoms with E-state index in [4.69, 9.17) is 4.74 Å². The second kappa shape index (κ2) is 5.61. The first-order valence-corrected chi connectivity index (χ1v) is 9.19. The fourth-order valence-electron chi connectivity index (χ4n) is 6.10. The molecule has 3 nitrogen and oxygen atoms in total. The van der Waals surface area contributed by atoms with Gasteiger partial charge in [-0.3, -0.25) is 4.79 Å². The van der Waals surface area contributed by atoms with Gasteiger partial charge in [-0.05, 0) is 68.1 Å². The molecule has 0 saturated heterocycles. The SMILES string of the molecule is COC(=O)[C@]1(C)CCC[C@@]2(C)C3=CC[C@@](C)(CO)C[C@H]3CC[C@H]12. The standard InChI is InChI=1S/C20H32O3/c1-18(13-21)11-8-15-14(12-18)6-7-16-19(15,2)9-5-10-20(16,3)17(22)23-4/h8,14,16,21H,5-7,9-13H2,1-4H3/t14-,16+,18-,19+,20-/m1/s1. The molecule has 23 heavy (non-hydrogen) atoms. The van der Waals surface area contributed by atoms with Crippen molar-refractivity contribution in [1.82, 2.24) is 0 Å². The summed E-state index contributed by atoms with van der Waals surface area (Å²) in [4.78, 5) is 12.5. The summed E-state index contributed by atoms with van der Waals surface area (Å²) < 4.78 is 5.18. The number of rotatable bonds is 2. The largest absolute Gasteiger partial charge is 0.469 e. The smallest absolute Gasteiger partial charge is 0.311 e. The van der Waals surface area contributed by atoms with Crippen LogP contribution < -0.4 is 0 Å². The Balaban J connectivity index is 1.96. The van der Waals surface area contributed by atoms with Gasteiger partial charge in [0.1, 0.15) is 0 Å². The van der Waals surface area contributed by atoms with Gasteiger partial charge in [-0.15, -0.1) is 0 Å². The van der Waals surface area contributed by atoms with Gasteiger partial charge >= 0.3 is 5.97 Å². The van der Waals surface area contributed by atoms with Crippen LogP contribution in [-0.4, -0.2) is 24.8 Å². The van der Waals surface area contributed by atoms with Gasteiger partial charge in [-0.2, -0.15) is 0 Å². The van der Waals surface area contributed by atoms with Crippen molar-refractivity contribution in [1.29, 1.82) is 0 Å². The average Bonchev–Trinajstić information content (AvgIpc) is 2.53. The number of hydrogen-bond donors (Lipinski definition) is 1. The molecule has 130 valence electrons. The lowest BCUT2D eigenvalue weighted by atomic mass is 9.46. The maximum absolute atomic E-state index is 12.5. The van der Waals surface area contributed by atoms with Gasteiger partial charge in [0.2, 0.25) is 0 Å². The second-order valence-electron chi connectivity index (χ2n) is 9.04. The number of ether oxygens (including phenoxy) is 1. The average molecular weight is 320 g/mol. The molecule has 0 radical (unpaired) electrons. The molecule has 0 aromatic carbocycles. The van der Waals surface area contributed by atoms with Crippen LogP contribution in [0.3, 0.4) is 0 Å². The molecule has 5 atom stereocenters. The summed E-state index contributed by atoms with van der Waals surface area (Å²) in [6.07, 6.45) is 9.95. The van der Waals surface area contributed by atoms with Crippen LogP contribution in [0.25, 0.3) is 0 Å². The summed E-state index contributed by atoms with van der Waals surface area (Å²) >= 11 is 0. The number of carbonyl (C=O) groups excluding carboxylic acids is 1. The van der Waals surface area contributed by atoms with E-state index < -0.39 is 0 Å². The van der Waals surface area contributed by atoms with E-state index in [2.05, 4.69) is 26.8 Å². The Morgan fingerprint density at radius 1 is 1.30 bits per heavy atom. The Morgan fingerprint density at radius 3 is 2.70 bits per heavy atom. The Kier molecular flexibility index (Phi) is 4.15. The molecule has 3 aliphatic carbocycles. The normalized spacial score (nSPS) is 46.4. The molecule has 1 N–H and O–H groups in total. The number of esters is 1. The topological polar surface area (TPSA) is 46.5 Å². The number of aliphatic hydroxyl groups is 1. The van der Waals surface area contributed by atoms with E-state index in [9.17, 15) is 9.90 Å². The van der Waals surface area contributed by atoms with E-state index in [0.717, 1.165) is 38.5 Å². The third-order valence-corrected chi connectivity index (χ3v) is 7.42. The minimum Gasteiger partial charge on any atom is -0.469 e.